The predicted molar refractivity (Wildman–Crippen MR) is 129 cm³/mol. The summed E-state index contributed by atoms with van der Waals surface area (Å²) in [4.78, 5) is 30.3. The van der Waals surface area contributed by atoms with Crippen LogP contribution in [0.4, 0.5) is 24.8 Å². The number of aromatic nitrogens is 3. The lowest BCUT2D eigenvalue weighted by molar-refractivity contribution is 0.0828. The van der Waals surface area contributed by atoms with Crippen molar-refractivity contribution in [3.05, 3.63) is 52.6 Å². The summed E-state index contributed by atoms with van der Waals surface area (Å²) < 4.78 is 41.2. The molecular formula is C24H28F3N7O. The van der Waals surface area contributed by atoms with Crippen LogP contribution in [0.1, 0.15) is 46.7 Å². The first-order chi connectivity index (χ1) is 16.7. The quantitative estimate of drug-likeness (QED) is 0.548. The molecule has 0 spiro atoms. The number of benzene rings is 1. The smallest absolute Gasteiger partial charge is 0.266 e. The molecule has 11 heteroatoms. The molecular weight excluding hydrogens is 459 g/mol. The highest BCUT2D eigenvalue weighted by molar-refractivity contribution is 6.03. The molecule has 8 nitrogen and oxygen atoms in total. The SMILES string of the molecule is Cc1nc(N[C@H](C)c2cccc(C(F)F)c2F)c2cc(C(=O)N(C)C)c(N3CCNCC3)nc2n1. The number of alkyl halides is 2. The Balaban J connectivity index is 1.81. The van der Waals surface area contributed by atoms with E-state index in [1.807, 2.05) is 4.90 Å². The van der Waals surface area contributed by atoms with Crippen LogP contribution in [0.3, 0.4) is 0 Å². The summed E-state index contributed by atoms with van der Waals surface area (Å²) >= 11 is 0. The van der Waals surface area contributed by atoms with Crippen LogP contribution < -0.4 is 15.5 Å². The van der Waals surface area contributed by atoms with E-state index >= 15 is 0 Å². The highest BCUT2D eigenvalue weighted by atomic mass is 19.3. The summed E-state index contributed by atoms with van der Waals surface area (Å²) in [7, 11) is 3.33. The Morgan fingerprint density at radius 1 is 1.14 bits per heavy atom. The number of nitrogens with zero attached hydrogens (tertiary/aromatic N) is 5. The van der Waals surface area contributed by atoms with Gasteiger partial charge < -0.3 is 20.4 Å². The minimum Gasteiger partial charge on any atom is -0.363 e. The molecule has 1 saturated heterocycles. The Morgan fingerprint density at radius 2 is 1.83 bits per heavy atom. The van der Waals surface area contributed by atoms with E-state index < -0.39 is 23.8 Å². The highest BCUT2D eigenvalue weighted by Crippen LogP contribution is 2.32. The molecule has 0 bridgehead atoms. The molecule has 0 aliphatic carbocycles. The van der Waals surface area contributed by atoms with E-state index in [1.54, 1.807) is 34.0 Å². The first-order valence-corrected chi connectivity index (χ1v) is 11.4. The molecule has 4 rings (SSSR count). The monoisotopic (exact) mass is 487 g/mol. The van der Waals surface area contributed by atoms with Crippen LogP contribution in [0.25, 0.3) is 11.0 Å². The second-order valence-corrected chi connectivity index (χ2v) is 8.70. The maximum absolute atomic E-state index is 14.8. The van der Waals surface area contributed by atoms with Gasteiger partial charge in [0.2, 0.25) is 0 Å². The first-order valence-electron chi connectivity index (χ1n) is 11.4. The van der Waals surface area contributed by atoms with E-state index in [2.05, 4.69) is 20.6 Å². The molecule has 186 valence electrons. The van der Waals surface area contributed by atoms with Gasteiger partial charge in [0.1, 0.15) is 23.3 Å². The number of carbonyl (C=O) groups is 1. The zero-order chi connectivity index (χ0) is 25.3. The van der Waals surface area contributed by atoms with Crippen molar-refractivity contribution < 1.29 is 18.0 Å². The standard InChI is InChI=1S/C24H28F3N7O/c1-13(15-6-5-7-16(19(15)25)20(26)27)29-21-17-12-18(24(35)33(3)4)23(34-10-8-28-9-11-34)32-22(17)31-14(2)30-21/h5-7,12-13,20,28H,8-11H2,1-4H3,(H,29,30,31,32)/t13-/m1/s1. The van der Waals surface area contributed by atoms with Crippen LogP contribution in [0.2, 0.25) is 0 Å². The lowest BCUT2D eigenvalue weighted by atomic mass is 10.0. The molecule has 1 amide bonds. The summed E-state index contributed by atoms with van der Waals surface area (Å²) in [6, 6.07) is 4.93. The number of hydrogen-bond donors (Lipinski definition) is 2. The van der Waals surface area contributed by atoms with Gasteiger partial charge in [0.25, 0.3) is 12.3 Å². The predicted octanol–water partition coefficient (Wildman–Crippen LogP) is 3.69. The van der Waals surface area contributed by atoms with Gasteiger partial charge in [0.15, 0.2) is 5.65 Å². The fraction of sp³-hybridized carbons (Fsp3) is 0.417. The maximum Gasteiger partial charge on any atom is 0.266 e. The summed E-state index contributed by atoms with van der Waals surface area (Å²) in [5.74, 6) is 0.141. The van der Waals surface area contributed by atoms with Crippen LogP contribution >= 0.6 is 0 Å². The largest absolute Gasteiger partial charge is 0.363 e. The van der Waals surface area contributed by atoms with Gasteiger partial charge in [0, 0.05) is 45.8 Å². The third kappa shape index (κ3) is 5.00. The highest BCUT2D eigenvalue weighted by Gasteiger charge is 2.25. The third-order valence-electron chi connectivity index (χ3n) is 5.95. The lowest BCUT2D eigenvalue weighted by Crippen LogP contribution is -2.44. The molecule has 1 aliphatic heterocycles. The Hall–Kier alpha value is -3.47. The van der Waals surface area contributed by atoms with Gasteiger partial charge in [-0.2, -0.15) is 0 Å². The fourth-order valence-electron chi connectivity index (χ4n) is 4.13. The van der Waals surface area contributed by atoms with Crippen molar-refractivity contribution >= 4 is 28.6 Å². The molecule has 3 heterocycles. The number of carbonyl (C=O) groups excluding carboxylic acids is 1. The van der Waals surface area contributed by atoms with E-state index in [0.29, 0.717) is 47.1 Å². The average molecular weight is 488 g/mol. The lowest BCUT2D eigenvalue weighted by Gasteiger charge is -2.30. The Labute approximate surface area is 201 Å². The molecule has 3 aromatic rings. The van der Waals surface area contributed by atoms with Crippen LogP contribution in [0, 0.1) is 12.7 Å². The Bertz CT molecular complexity index is 1250. The normalized spacial score (nSPS) is 14.9. The van der Waals surface area contributed by atoms with E-state index in [1.165, 1.54) is 17.0 Å². The number of amides is 1. The fourth-order valence-corrected chi connectivity index (χ4v) is 4.13. The Kier molecular flexibility index (Phi) is 7.06. The molecule has 2 aromatic heterocycles. The number of fused-ring (bicyclic) bond motifs is 1. The first kappa shape index (κ1) is 24.6. The van der Waals surface area contributed by atoms with Crippen molar-refractivity contribution in [3.63, 3.8) is 0 Å². The number of hydrogen-bond acceptors (Lipinski definition) is 7. The number of nitrogens with one attached hydrogen (secondary N) is 2. The molecule has 0 radical (unpaired) electrons. The van der Waals surface area contributed by atoms with Crippen molar-refractivity contribution in [1.29, 1.82) is 0 Å². The number of anilines is 2. The summed E-state index contributed by atoms with van der Waals surface area (Å²) in [6.45, 7) is 6.29. The number of rotatable bonds is 6. The van der Waals surface area contributed by atoms with Gasteiger partial charge in [-0.3, -0.25) is 4.79 Å². The van der Waals surface area contributed by atoms with Crippen molar-refractivity contribution in [2.45, 2.75) is 26.3 Å². The molecule has 1 atom stereocenters. The topological polar surface area (TPSA) is 86.3 Å². The molecule has 0 unspecified atom stereocenters. The van der Waals surface area contributed by atoms with E-state index in [9.17, 15) is 18.0 Å². The molecule has 1 aromatic carbocycles. The average Bonchev–Trinajstić information content (AvgIpc) is 2.83. The molecule has 1 fully saturated rings. The summed E-state index contributed by atoms with van der Waals surface area (Å²) in [6.07, 6.45) is -2.92. The van der Waals surface area contributed by atoms with Crippen LogP contribution in [-0.2, 0) is 0 Å². The van der Waals surface area contributed by atoms with Crippen LogP contribution in [0.5, 0.6) is 0 Å². The van der Waals surface area contributed by atoms with Gasteiger partial charge in [0.05, 0.1) is 22.6 Å². The maximum atomic E-state index is 14.8. The third-order valence-corrected chi connectivity index (χ3v) is 5.95. The molecule has 0 saturated carbocycles. The minimum atomic E-state index is -2.92. The van der Waals surface area contributed by atoms with Crippen LogP contribution in [-0.4, -0.2) is 66.0 Å². The van der Waals surface area contributed by atoms with Gasteiger partial charge in [-0.25, -0.2) is 28.1 Å². The van der Waals surface area contributed by atoms with E-state index in [0.717, 1.165) is 19.2 Å². The van der Waals surface area contributed by atoms with E-state index in [-0.39, 0.29) is 11.5 Å². The molecule has 2 N–H and O–H groups in total. The zero-order valence-corrected chi connectivity index (χ0v) is 20.1. The van der Waals surface area contributed by atoms with Crippen molar-refractivity contribution in [1.82, 2.24) is 25.2 Å². The summed E-state index contributed by atoms with van der Waals surface area (Å²) in [5.41, 5.74) is 0.222. The minimum absolute atomic E-state index is 0.0854. The van der Waals surface area contributed by atoms with Crippen LogP contribution in [0.15, 0.2) is 24.3 Å². The summed E-state index contributed by atoms with van der Waals surface area (Å²) in [5, 5.41) is 6.89. The molecule has 1 aliphatic rings. The van der Waals surface area contributed by atoms with Gasteiger partial charge in [-0.05, 0) is 19.9 Å². The zero-order valence-electron chi connectivity index (χ0n) is 20.1. The second kappa shape index (κ2) is 10.0. The molecule has 35 heavy (non-hydrogen) atoms. The number of pyridine rings is 1. The number of piperazine rings is 1. The number of halogens is 3. The van der Waals surface area contributed by atoms with Gasteiger partial charge in [-0.1, -0.05) is 18.2 Å². The van der Waals surface area contributed by atoms with E-state index in [4.69, 9.17) is 4.98 Å². The van der Waals surface area contributed by atoms with Crippen molar-refractivity contribution in [2.24, 2.45) is 0 Å². The van der Waals surface area contributed by atoms with Gasteiger partial charge in [-0.15, -0.1) is 0 Å². The van der Waals surface area contributed by atoms with Crippen molar-refractivity contribution in [3.8, 4) is 0 Å². The van der Waals surface area contributed by atoms with Gasteiger partial charge >= 0.3 is 0 Å². The van der Waals surface area contributed by atoms with Crippen molar-refractivity contribution in [2.75, 3.05) is 50.5 Å². The second-order valence-electron chi connectivity index (χ2n) is 8.70. The number of aryl methyl sites for hydroxylation is 1. The Morgan fingerprint density at radius 3 is 2.49 bits per heavy atom.